The Morgan fingerprint density at radius 1 is 1.17 bits per heavy atom. The van der Waals surface area contributed by atoms with Crippen LogP contribution in [0, 0.1) is 0 Å². The number of hydrogen-bond acceptors (Lipinski definition) is 4. The molecule has 1 saturated carbocycles. The van der Waals surface area contributed by atoms with Crippen LogP contribution < -0.4 is 5.90 Å². The Bertz CT molecular complexity index is 146. The Morgan fingerprint density at radius 2 is 1.75 bits per heavy atom. The van der Waals surface area contributed by atoms with Crippen molar-refractivity contribution in [3.8, 4) is 0 Å². The van der Waals surface area contributed by atoms with Gasteiger partial charge >= 0.3 is 0 Å². The lowest BCUT2D eigenvalue weighted by atomic mass is 9.92. The molecule has 2 N–H and O–H groups in total. The highest BCUT2D eigenvalue weighted by molar-refractivity contribution is 4.82. The Labute approximate surface area is 71.9 Å². The van der Waals surface area contributed by atoms with E-state index in [4.69, 9.17) is 20.2 Å². The molecule has 1 spiro atoms. The van der Waals surface area contributed by atoms with Crippen LogP contribution >= 0.6 is 0 Å². The predicted octanol–water partition coefficient (Wildman–Crippen LogP) is 0.562. The molecule has 1 saturated heterocycles. The van der Waals surface area contributed by atoms with E-state index in [0.29, 0.717) is 0 Å². The molecule has 4 nitrogen and oxygen atoms in total. The summed E-state index contributed by atoms with van der Waals surface area (Å²) in [5.41, 5.74) is 0. The highest BCUT2D eigenvalue weighted by Gasteiger charge is 2.40. The molecular formula is C8H15NO3. The first-order valence-electron chi connectivity index (χ1n) is 4.48. The van der Waals surface area contributed by atoms with Gasteiger partial charge in [0.25, 0.3) is 0 Å². The minimum absolute atomic E-state index is 0.198. The maximum atomic E-state index is 5.56. The van der Waals surface area contributed by atoms with E-state index in [0.717, 1.165) is 38.9 Å². The van der Waals surface area contributed by atoms with Gasteiger partial charge in [-0.2, -0.15) is 0 Å². The molecule has 0 bridgehead atoms. The van der Waals surface area contributed by atoms with E-state index in [1.165, 1.54) is 0 Å². The molecule has 1 aliphatic carbocycles. The maximum Gasteiger partial charge on any atom is 0.168 e. The lowest BCUT2D eigenvalue weighted by Gasteiger charge is -2.34. The summed E-state index contributed by atoms with van der Waals surface area (Å²) in [6.45, 7) is 1.46. The van der Waals surface area contributed by atoms with Crippen LogP contribution in [0.5, 0.6) is 0 Å². The third kappa shape index (κ3) is 1.47. The molecular weight excluding hydrogens is 158 g/mol. The molecule has 0 atom stereocenters. The first-order valence-corrected chi connectivity index (χ1v) is 4.48. The molecule has 2 aliphatic rings. The fourth-order valence-electron chi connectivity index (χ4n) is 1.95. The van der Waals surface area contributed by atoms with E-state index < -0.39 is 0 Å². The fourth-order valence-corrected chi connectivity index (χ4v) is 1.95. The van der Waals surface area contributed by atoms with Crippen LogP contribution in [-0.2, 0) is 14.3 Å². The van der Waals surface area contributed by atoms with Gasteiger partial charge in [0.05, 0.1) is 19.3 Å². The van der Waals surface area contributed by atoms with E-state index in [1.54, 1.807) is 0 Å². The number of rotatable bonds is 1. The second-order valence-corrected chi connectivity index (χ2v) is 3.44. The zero-order chi connectivity index (χ0) is 8.44. The molecule has 0 unspecified atom stereocenters. The van der Waals surface area contributed by atoms with Crippen molar-refractivity contribution in [1.29, 1.82) is 0 Å². The molecule has 2 fully saturated rings. The van der Waals surface area contributed by atoms with Crippen molar-refractivity contribution in [1.82, 2.24) is 0 Å². The van der Waals surface area contributed by atoms with Crippen LogP contribution in [-0.4, -0.2) is 25.1 Å². The molecule has 0 aromatic carbocycles. The second-order valence-electron chi connectivity index (χ2n) is 3.44. The first-order chi connectivity index (χ1) is 5.85. The van der Waals surface area contributed by atoms with Crippen molar-refractivity contribution in [2.24, 2.45) is 5.90 Å². The molecule has 0 aromatic heterocycles. The summed E-state index contributed by atoms with van der Waals surface area (Å²) in [6.07, 6.45) is 3.90. The smallest absolute Gasteiger partial charge is 0.168 e. The molecule has 1 aliphatic heterocycles. The fraction of sp³-hybridized carbons (Fsp3) is 1.00. The summed E-state index contributed by atoms with van der Waals surface area (Å²) in [4.78, 5) is 4.78. The zero-order valence-corrected chi connectivity index (χ0v) is 7.12. The largest absolute Gasteiger partial charge is 0.348 e. The highest BCUT2D eigenvalue weighted by atomic mass is 16.7. The Balaban J connectivity index is 1.88. The van der Waals surface area contributed by atoms with E-state index in [1.807, 2.05) is 0 Å². The van der Waals surface area contributed by atoms with Gasteiger partial charge in [0.1, 0.15) is 0 Å². The predicted molar refractivity (Wildman–Crippen MR) is 42.2 cm³/mol. The number of hydrogen-bond donors (Lipinski definition) is 1. The van der Waals surface area contributed by atoms with Gasteiger partial charge in [-0.25, -0.2) is 5.90 Å². The van der Waals surface area contributed by atoms with Crippen molar-refractivity contribution >= 4 is 0 Å². The monoisotopic (exact) mass is 173 g/mol. The average Bonchev–Trinajstić information content (AvgIpc) is 2.55. The molecule has 0 amide bonds. The van der Waals surface area contributed by atoms with Gasteiger partial charge in [-0.15, -0.1) is 0 Å². The van der Waals surface area contributed by atoms with Gasteiger partial charge in [0.15, 0.2) is 5.79 Å². The summed E-state index contributed by atoms with van der Waals surface area (Å²) < 4.78 is 11.1. The molecule has 70 valence electrons. The maximum absolute atomic E-state index is 5.56. The van der Waals surface area contributed by atoms with Gasteiger partial charge in [0.2, 0.25) is 0 Å². The van der Waals surface area contributed by atoms with Crippen LogP contribution in [0.3, 0.4) is 0 Å². The van der Waals surface area contributed by atoms with Crippen LogP contribution in [0.25, 0.3) is 0 Å². The van der Waals surface area contributed by atoms with E-state index in [2.05, 4.69) is 0 Å². The lowest BCUT2D eigenvalue weighted by Crippen LogP contribution is -2.38. The number of nitrogens with two attached hydrogens (primary N) is 1. The highest BCUT2D eigenvalue weighted by Crippen LogP contribution is 2.36. The van der Waals surface area contributed by atoms with Gasteiger partial charge in [-0.1, -0.05) is 0 Å². The van der Waals surface area contributed by atoms with Crippen molar-refractivity contribution in [3.63, 3.8) is 0 Å². The minimum Gasteiger partial charge on any atom is -0.348 e. The van der Waals surface area contributed by atoms with Gasteiger partial charge in [-0.3, -0.25) is 0 Å². The average molecular weight is 173 g/mol. The molecule has 1 heterocycles. The molecule has 0 aromatic rings. The van der Waals surface area contributed by atoms with Crippen molar-refractivity contribution in [2.75, 3.05) is 13.2 Å². The summed E-state index contributed by atoms with van der Waals surface area (Å²) in [5.74, 6) is 4.83. The van der Waals surface area contributed by atoms with Crippen molar-refractivity contribution in [3.05, 3.63) is 0 Å². The second kappa shape index (κ2) is 3.30. The minimum atomic E-state index is -0.283. The van der Waals surface area contributed by atoms with Gasteiger partial charge in [0, 0.05) is 12.8 Å². The Hall–Kier alpha value is -0.160. The zero-order valence-electron chi connectivity index (χ0n) is 7.12. The SMILES string of the molecule is NOC1CCC2(CC1)OCCO2. The third-order valence-corrected chi connectivity index (χ3v) is 2.70. The molecule has 2 rings (SSSR count). The first kappa shape index (κ1) is 8.44. The quantitative estimate of drug-likeness (QED) is 0.589. The Morgan fingerprint density at radius 3 is 2.25 bits per heavy atom. The van der Waals surface area contributed by atoms with E-state index in [9.17, 15) is 0 Å². The van der Waals surface area contributed by atoms with Crippen molar-refractivity contribution in [2.45, 2.75) is 37.6 Å². The third-order valence-electron chi connectivity index (χ3n) is 2.70. The number of ether oxygens (including phenoxy) is 2. The standard InChI is InChI=1S/C8H15NO3/c9-12-7-1-3-8(4-2-7)10-5-6-11-8/h7H,1-6,9H2. The molecule has 4 heteroatoms. The summed E-state index contributed by atoms with van der Waals surface area (Å²) in [6, 6.07) is 0. The summed E-state index contributed by atoms with van der Waals surface area (Å²) >= 11 is 0. The lowest BCUT2D eigenvalue weighted by molar-refractivity contribution is -0.192. The van der Waals surface area contributed by atoms with Crippen LogP contribution in [0.1, 0.15) is 25.7 Å². The van der Waals surface area contributed by atoms with Crippen molar-refractivity contribution < 1.29 is 14.3 Å². The van der Waals surface area contributed by atoms with E-state index >= 15 is 0 Å². The van der Waals surface area contributed by atoms with Crippen LogP contribution in [0.2, 0.25) is 0 Å². The molecule has 0 radical (unpaired) electrons. The Kier molecular flexibility index (Phi) is 2.32. The van der Waals surface area contributed by atoms with Gasteiger partial charge < -0.3 is 14.3 Å². The summed E-state index contributed by atoms with van der Waals surface area (Å²) in [5, 5.41) is 0. The topological polar surface area (TPSA) is 53.7 Å². The van der Waals surface area contributed by atoms with Gasteiger partial charge in [-0.05, 0) is 12.8 Å². The summed E-state index contributed by atoms with van der Waals surface area (Å²) in [7, 11) is 0. The molecule has 12 heavy (non-hydrogen) atoms. The van der Waals surface area contributed by atoms with Crippen LogP contribution in [0.15, 0.2) is 0 Å². The van der Waals surface area contributed by atoms with E-state index in [-0.39, 0.29) is 11.9 Å². The normalized spacial score (nSPS) is 29.8. The van der Waals surface area contributed by atoms with Crippen LogP contribution in [0.4, 0.5) is 0 Å².